The number of anilines is 2. The summed E-state index contributed by atoms with van der Waals surface area (Å²) in [4.78, 5) is 13.0. The van der Waals surface area contributed by atoms with E-state index in [1.807, 2.05) is 24.3 Å². The summed E-state index contributed by atoms with van der Waals surface area (Å²) in [7, 11) is 0. The summed E-state index contributed by atoms with van der Waals surface area (Å²) in [6.45, 7) is 3.36. The Morgan fingerprint density at radius 3 is 2.33 bits per heavy atom. The van der Waals surface area contributed by atoms with Gasteiger partial charge < -0.3 is 14.9 Å². The fourth-order valence-electron chi connectivity index (χ4n) is 2.60. The highest BCUT2D eigenvalue weighted by Gasteiger charge is 2.21. The number of halogens is 1. The lowest BCUT2D eigenvalue weighted by Gasteiger charge is -2.37. The van der Waals surface area contributed by atoms with E-state index < -0.39 is 0 Å². The van der Waals surface area contributed by atoms with E-state index in [0.717, 1.165) is 43.4 Å². The summed E-state index contributed by atoms with van der Waals surface area (Å²) < 4.78 is 0. The van der Waals surface area contributed by atoms with Crippen molar-refractivity contribution in [2.75, 3.05) is 36.0 Å². The van der Waals surface area contributed by atoms with E-state index in [9.17, 15) is 5.11 Å². The van der Waals surface area contributed by atoms with Crippen molar-refractivity contribution < 1.29 is 5.11 Å². The number of nitrogens with zero attached hydrogens (tertiary/aromatic N) is 4. The molecule has 2 heterocycles. The number of aliphatic hydroxyl groups is 1. The van der Waals surface area contributed by atoms with E-state index in [-0.39, 0.29) is 6.61 Å². The summed E-state index contributed by atoms with van der Waals surface area (Å²) in [5.74, 6) is 0.769. The van der Waals surface area contributed by atoms with E-state index in [1.165, 1.54) is 0 Å². The van der Waals surface area contributed by atoms with Crippen molar-refractivity contribution in [2.24, 2.45) is 0 Å². The van der Waals surface area contributed by atoms with Gasteiger partial charge in [0.15, 0.2) is 0 Å². The van der Waals surface area contributed by atoms with E-state index >= 15 is 0 Å². The Morgan fingerprint density at radius 2 is 1.67 bits per heavy atom. The second kappa shape index (κ2) is 6.28. The number of aliphatic hydroxyl groups excluding tert-OH is 1. The molecule has 5 nitrogen and oxygen atoms in total. The quantitative estimate of drug-likeness (QED) is 0.939. The molecule has 3 rings (SSSR count). The summed E-state index contributed by atoms with van der Waals surface area (Å²) in [5, 5.41) is 10.1. The number of hydrogen-bond acceptors (Lipinski definition) is 5. The highest BCUT2D eigenvalue weighted by atomic mass is 35.5. The monoisotopic (exact) mass is 304 g/mol. The largest absolute Gasteiger partial charge is 0.392 e. The molecule has 0 amide bonds. The average Bonchev–Trinajstić information content (AvgIpc) is 2.55. The first-order valence-electron chi connectivity index (χ1n) is 6.95. The third-order valence-corrected chi connectivity index (χ3v) is 4.06. The van der Waals surface area contributed by atoms with Crippen LogP contribution < -0.4 is 9.80 Å². The minimum absolute atomic E-state index is 0.0446. The number of rotatable bonds is 3. The molecule has 0 aliphatic carbocycles. The molecule has 0 unspecified atom stereocenters. The molecular weight excluding hydrogens is 288 g/mol. The Kier molecular flexibility index (Phi) is 4.22. The van der Waals surface area contributed by atoms with Gasteiger partial charge in [-0.1, -0.05) is 17.7 Å². The van der Waals surface area contributed by atoms with Crippen LogP contribution in [0.1, 0.15) is 5.56 Å². The molecule has 1 aliphatic rings. The van der Waals surface area contributed by atoms with Gasteiger partial charge in [0.25, 0.3) is 0 Å². The Labute approximate surface area is 128 Å². The standard InChI is InChI=1S/C15H17ClN4O/c16-13-3-1-4-14(12(13)11-21)19-7-9-20(10-8-19)15-17-5-2-6-18-15/h1-6,21H,7-11H2. The van der Waals surface area contributed by atoms with Gasteiger partial charge in [0, 0.05) is 54.8 Å². The third kappa shape index (κ3) is 2.94. The fraction of sp³-hybridized carbons (Fsp3) is 0.333. The number of piperazine rings is 1. The summed E-state index contributed by atoms with van der Waals surface area (Å²) in [6, 6.07) is 7.56. The molecule has 0 saturated carbocycles. The fourth-order valence-corrected chi connectivity index (χ4v) is 2.83. The molecule has 0 atom stereocenters. The zero-order chi connectivity index (χ0) is 14.7. The lowest BCUT2D eigenvalue weighted by atomic mass is 10.1. The Hall–Kier alpha value is -1.85. The average molecular weight is 305 g/mol. The Balaban J connectivity index is 1.73. The summed E-state index contributed by atoms with van der Waals surface area (Å²) in [5.41, 5.74) is 1.81. The molecule has 6 heteroatoms. The SMILES string of the molecule is OCc1c(Cl)cccc1N1CCN(c2ncccn2)CC1. The van der Waals surface area contributed by atoms with Crippen LogP contribution in [0, 0.1) is 0 Å². The van der Waals surface area contributed by atoms with Crippen molar-refractivity contribution in [2.45, 2.75) is 6.61 Å². The van der Waals surface area contributed by atoms with Crippen LogP contribution in [0.5, 0.6) is 0 Å². The van der Waals surface area contributed by atoms with Gasteiger partial charge in [-0.25, -0.2) is 9.97 Å². The molecule has 1 saturated heterocycles. The van der Waals surface area contributed by atoms with Gasteiger partial charge in [-0.05, 0) is 18.2 Å². The molecule has 110 valence electrons. The lowest BCUT2D eigenvalue weighted by Crippen LogP contribution is -2.47. The van der Waals surface area contributed by atoms with Gasteiger partial charge in [0.2, 0.25) is 5.95 Å². The molecule has 1 aromatic heterocycles. The molecule has 21 heavy (non-hydrogen) atoms. The summed E-state index contributed by atoms with van der Waals surface area (Å²) >= 11 is 6.16. The Bertz CT molecular complexity index is 600. The zero-order valence-corrected chi connectivity index (χ0v) is 12.4. The van der Waals surface area contributed by atoms with E-state index in [2.05, 4.69) is 19.8 Å². The number of hydrogen-bond donors (Lipinski definition) is 1. The van der Waals surface area contributed by atoms with Crippen molar-refractivity contribution in [3.05, 3.63) is 47.2 Å². The van der Waals surface area contributed by atoms with Gasteiger partial charge in [-0.15, -0.1) is 0 Å². The maximum Gasteiger partial charge on any atom is 0.225 e. The molecular formula is C15H17ClN4O. The van der Waals surface area contributed by atoms with Gasteiger partial charge in [-0.3, -0.25) is 0 Å². The molecule has 1 aliphatic heterocycles. The van der Waals surface area contributed by atoms with Crippen LogP contribution >= 0.6 is 11.6 Å². The van der Waals surface area contributed by atoms with Gasteiger partial charge in [-0.2, -0.15) is 0 Å². The van der Waals surface area contributed by atoms with E-state index in [4.69, 9.17) is 11.6 Å². The maximum atomic E-state index is 9.52. The molecule has 1 N–H and O–H groups in total. The van der Waals surface area contributed by atoms with Crippen molar-refractivity contribution in [1.82, 2.24) is 9.97 Å². The van der Waals surface area contributed by atoms with Crippen LogP contribution in [0.3, 0.4) is 0 Å². The Morgan fingerprint density at radius 1 is 1.00 bits per heavy atom. The van der Waals surface area contributed by atoms with Gasteiger partial charge in [0.05, 0.1) is 6.61 Å². The van der Waals surface area contributed by atoms with Crippen LogP contribution in [-0.4, -0.2) is 41.3 Å². The highest BCUT2D eigenvalue weighted by Crippen LogP contribution is 2.28. The number of benzene rings is 1. The predicted molar refractivity (Wildman–Crippen MR) is 83.8 cm³/mol. The first-order chi connectivity index (χ1) is 10.3. The third-order valence-electron chi connectivity index (χ3n) is 3.71. The molecule has 2 aromatic rings. The van der Waals surface area contributed by atoms with Crippen LogP contribution in [0.25, 0.3) is 0 Å². The van der Waals surface area contributed by atoms with Crippen LogP contribution in [0.15, 0.2) is 36.7 Å². The van der Waals surface area contributed by atoms with Crippen molar-refractivity contribution >= 4 is 23.2 Å². The first kappa shape index (κ1) is 14.1. The topological polar surface area (TPSA) is 52.5 Å². The molecule has 0 spiro atoms. The van der Waals surface area contributed by atoms with Gasteiger partial charge in [0.1, 0.15) is 0 Å². The number of aromatic nitrogens is 2. The molecule has 0 bridgehead atoms. The smallest absolute Gasteiger partial charge is 0.225 e. The van der Waals surface area contributed by atoms with Crippen molar-refractivity contribution in [1.29, 1.82) is 0 Å². The second-order valence-corrected chi connectivity index (χ2v) is 5.33. The first-order valence-corrected chi connectivity index (χ1v) is 7.32. The minimum Gasteiger partial charge on any atom is -0.392 e. The lowest BCUT2D eigenvalue weighted by molar-refractivity contribution is 0.282. The maximum absolute atomic E-state index is 9.52. The van der Waals surface area contributed by atoms with Gasteiger partial charge >= 0.3 is 0 Å². The van der Waals surface area contributed by atoms with Crippen LogP contribution in [0.4, 0.5) is 11.6 Å². The molecule has 1 fully saturated rings. The second-order valence-electron chi connectivity index (χ2n) is 4.92. The van der Waals surface area contributed by atoms with Crippen LogP contribution in [0.2, 0.25) is 5.02 Å². The predicted octanol–water partition coefficient (Wildman–Crippen LogP) is 1.95. The summed E-state index contributed by atoms with van der Waals surface area (Å²) in [6.07, 6.45) is 3.52. The zero-order valence-electron chi connectivity index (χ0n) is 11.6. The minimum atomic E-state index is -0.0446. The normalized spacial score (nSPS) is 15.3. The van der Waals surface area contributed by atoms with Crippen molar-refractivity contribution in [3.63, 3.8) is 0 Å². The van der Waals surface area contributed by atoms with Crippen molar-refractivity contribution in [3.8, 4) is 0 Å². The van der Waals surface area contributed by atoms with E-state index in [1.54, 1.807) is 12.4 Å². The van der Waals surface area contributed by atoms with E-state index in [0.29, 0.717) is 5.02 Å². The van der Waals surface area contributed by atoms with Crippen LogP contribution in [-0.2, 0) is 6.61 Å². The molecule has 1 aromatic carbocycles. The molecule has 0 radical (unpaired) electrons. The highest BCUT2D eigenvalue weighted by molar-refractivity contribution is 6.31.